The van der Waals surface area contributed by atoms with Gasteiger partial charge in [0.1, 0.15) is 11.9 Å². The molecule has 142 valence electrons. The predicted molar refractivity (Wildman–Crippen MR) is 97.9 cm³/mol. The SMILES string of the molecule is COC(=O)c1cc(N2CCN(C(=O)OC(C)(C)C)CC2)cc(C=O)c1C. The largest absolute Gasteiger partial charge is 0.465 e. The van der Waals surface area contributed by atoms with E-state index in [2.05, 4.69) is 0 Å². The van der Waals surface area contributed by atoms with E-state index < -0.39 is 11.6 Å². The maximum Gasteiger partial charge on any atom is 0.410 e. The van der Waals surface area contributed by atoms with Crippen LogP contribution in [0.5, 0.6) is 0 Å². The van der Waals surface area contributed by atoms with Gasteiger partial charge in [-0.1, -0.05) is 0 Å². The molecule has 0 aromatic heterocycles. The molecule has 1 aliphatic heterocycles. The molecule has 0 bridgehead atoms. The first-order valence-corrected chi connectivity index (χ1v) is 8.57. The molecule has 0 saturated carbocycles. The van der Waals surface area contributed by atoms with Crippen LogP contribution in [0, 0.1) is 6.92 Å². The van der Waals surface area contributed by atoms with Crippen LogP contribution in [-0.2, 0) is 9.47 Å². The van der Waals surface area contributed by atoms with Crippen LogP contribution in [0.25, 0.3) is 0 Å². The lowest BCUT2D eigenvalue weighted by atomic mass is 10.0. The number of methoxy groups -OCH3 is 1. The van der Waals surface area contributed by atoms with Crippen molar-refractivity contribution in [1.29, 1.82) is 0 Å². The minimum absolute atomic E-state index is 0.329. The van der Waals surface area contributed by atoms with Crippen LogP contribution in [0.15, 0.2) is 12.1 Å². The first kappa shape index (κ1) is 19.8. The van der Waals surface area contributed by atoms with Gasteiger partial charge in [-0.05, 0) is 45.4 Å². The zero-order chi connectivity index (χ0) is 19.5. The lowest BCUT2D eigenvalue weighted by molar-refractivity contribution is 0.0240. The third-order valence-electron chi connectivity index (χ3n) is 4.26. The molecule has 1 fully saturated rings. The topological polar surface area (TPSA) is 76.2 Å². The van der Waals surface area contributed by atoms with Gasteiger partial charge in [0.2, 0.25) is 0 Å². The summed E-state index contributed by atoms with van der Waals surface area (Å²) in [6.07, 6.45) is 0.410. The highest BCUT2D eigenvalue weighted by Gasteiger charge is 2.26. The third-order valence-corrected chi connectivity index (χ3v) is 4.26. The van der Waals surface area contributed by atoms with Crippen LogP contribution in [0.1, 0.15) is 47.1 Å². The zero-order valence-corrected chi connectivity index (χ0v) is 16.0. The monoisotopic (exact) mass is 362 g/mol. The molecule has 0 unspecified atom stereocenters. The van der Waals surface area contributed by atoms with Crippen molar-refractivity contribution in [1.82, 2.24) is 4.90 Å². The predicted octanol–water partition coefficient (Wildman–Crippen LogP) is 2.65. The van der Waals surface area contributed by atoms with Crippen LogP contribution in [-0.4, -0.2) is 62.1 Å². The van der Waals surface area contributed by atoms with E-state index in [9.17, 15) is 14.4 Å². The third kappa shape index (κ3) is 4.53. The van der Waals surface area contributed by atoms with Crippen molar-refractivity contribution < 1.29 is 23.9 Å². The Kier molecular flexibility index (Phi) is 5.90. The zero-order valence-electron chi connectivity index (χ0n) is 16.0. The smallest absolute Gasteiger partial charge is 0.410 e. The molecule has 1 aromatic carbocycles. The van der Waals surface area contributed by atoms with Crippen molar-refractivity contribution >= 4 is 24.0 Å². The average Bonchev–Trinajstić information content (AvgIpc) is 2.60. The summed E-state index contributed by atoms with van der Waals surface area (Å²) in [7, 11) is 1.31. The minimum Gasteiger partial charge on any atom is -0.465 e. The van der Waals surface area contributed by atoms with Crippen LogP contribution in [0.4, 0.5) is 10.5 Å². The molecule has 1 aliphatic rings. The average molecular weight is 362 g/mol. The van der Waals surface area contributed by atoms with E-state index in [1.807, 2.05) is 25.7 Å². The number of anilines is 1. The summed E-state index contributed by atoms with van der Waals surface area (Å²) in [5.74, 6) is -0.472. The standard InChI is InChI=1S/C19H26N2O5/c1-13-14(12-22)10-15(11-16(13)17(23)25-5)20-6-8-21(9-7-20)18(24)26-19(2,3)4/h10-12H,6-9H2,1-5H3. The summed E-state index contributed by atoms with van der Waals surface area (Å²) in [5.41, 5.74) is 1.67. The molecule has 1 heterocycles. The molecule has 0 N–H and O–H groups in total. The minimum atomic E-state index is -0.528. The maximum atomic E-state index is 12.2. The number of carbonyl (C=O) groups is 3. The summed E-state index contributed by atoms with van der Waals surface area (Å²) in [6, 6.07) is 3.50. The van der Waals surface area contributed by atoms with Gasteiger partial charge in [-0.15, -0.1) is 0 Å². The van der Waals surface area contributed by atoms with Gasteiger partial charge in [0.05, 0.1) is 12.7 Å². The summed E-state index contributed by atoms with van der Waals surface area (Å²) in [6.45, 7) is 9.41. The van der Waals surface area contributed by atoms with Gasteiger partial charge in [-0.2, -0.15) is 0 Å². The Bertz CT molecular complexity index is 701. The van der Waals surface area contributed by atoms with Gasteiger partial charge in [0.25, 0.3) is 0 Å². The lowest BCUT2D eigenvalue weighted by Gasteiger charge is -2.37. The second kappa shape index (κ2) is 7.76. The fraction of sp³-hybridized carbons (Fsp3) is 0.526. The second-order valence-corrected chi connectivity index (χ2v) is 7.27. The Labute approximate surface area is 153 Å². The van der Waals surface area contributed by atoms with Crippen LogP contribution < -0.4 is 4.90 Å². The molecule has 0 atom stereocenters. The van der Waals surface area contributed by atoms with E-state index in [0.717, 1.165) is 12.0 Å². The van der Waals surface area contributed by atoms with Gasteiger partial charge in [-0.3, -0.25) is 4.79 Å². The van der Waals surface area contributed by atoms with Gasteiger partial charge in [0, 0.05) is 37.4 Å². The van der Waals surface area contributed by atoms with Gasteiger partial charge in [0.15, 0.2) is 0 Å². The molecule has 0 aliphatic carbocycles. The first-order chi connectivity index (χ1) is 12.2. The molecule has 1 aromatic rings. The van der Waals surface area contributed by atoms with Gasteiger partial charge in [-0.25, -0.2) is 9.59 Å². The van der Waals surface area contributed by atoms with E-state index in [0.29, 0.717) is 42.9 Å². The molecule has 26 heavy (non-hydrogen) atoms. The van der Waals surface area contributed by atoms with Gasteiger partial charge < -0.3 is 19.3 Å². The number of hydrogen-bond donors (Lipinski definition) is 0. The van der Waals surface area contributed by atoms with Crippen molar-refractivity contribution in [2.45, 2.75) is 33.3 Å². The summed E-state index contributed by atoms with van der Waals surface area (Å²) in [5, 5.41) is 0. The van der Waals surface area contributed by atoms with Crippen molar-refractivity contribution in [2.75, 3.05) is 38.2 Å². The second-order valence-electron chi connectivity index (χ2n) is 7.27. The summed E-state index contributed by atoms with van der Waals surface area (Å²) in [4.78, 5) is 39.2. The quantitative estimate of drug-likeness (QED) is 0.608. The van der Waals surface area contributed by atoms with Crippen LogP contribution in [0.3, 0.4) is 0 Å². The van der Waals surface area contributed by atoms with E-state index in [4.69, 9.17) is 9.47 Å². The van der Waals surface area contributed by atoms with Crippen molar-refractivity contribution in [3.63, 3.8) is 0 Å². The highest BCUT2D eigenvalue weighted by Crippen LogP contribution is 2.25. The molecule has 0 spiro atoms. The molecular weight excluding hydrogens is 336 g/mol. The highest BCUT2D eigenvalue weighted by molar-refractivity contribution is 5.95. The normalized spacial score (nSPS) is 14.8. The number of carbonyl (C=O) groups excluding carboxylic acids is 3. The summed E-state index contributed by atoms with van der Waals surface area (Å²) < 4.78 is 10.2. The number of ether oxygens (including phenoxy) is 2. The Morgan fingerprint density at radius 1 is 1.12 bits per heavy atom. The number of nitrogens with zero attached hydrogens (tertiary/aromatic N) is 2. The van der Waals surface area contributed by atoms with E-state index in [-0.39, 0.29) is 6.09 Å². The van der Waals surface area contributed by atoms with E-state index >= 15 is 0 Å². The Morgan fingerprint density at radius 2 is 1.73 bits per heavy atom. The number of hydrogen-bond acceptors (Lipinski definition) is 6. The lowest BCUT2D eigenvalue weighted by Crippen LogP contribution is -2.50. The van der Waals surface area contributed by atoms with Gasteiger partial charge >= 0.3 is 12.1 Å². The summed E-state index contributed by atoms with van der Waals surface area (Å²) >= 11 is 0. The highest BCUT2D eigenvalue weighted by atomic mass is 16.6. The van der Waals surface area contributed by atoms with Crippen LogP contribution in [0.2, 0.25) is 0 Å². The molecular formula is C19H26N2O5. The first-order valence-electron chi connectivity index (χ1n) is 8.57. The molecule has 0 radical (unpaired) electrons. The van der Waals surface area contributed by atoms with Crippen molar-refractivity contribution in [3.8, 4) is 0 Å². The number of piperazine rings is 1. The molecule has 1 saturated heterocycles. The van der Waals surface area contributed by atoms with E-state index in [1.54, 1.807) is 24.0 Å². The number of amides is 1. The van der Waals surface area contributed by atoms with Crippen LogP contribution >= 0.6 is 0 Å². The molecule has 1 amide bonds. The number of aldehydes is 1. The molecule has 7 nitrogen and oxygen atoms in total. The fourth-order valence-electron chi connectivity index (χ4n) is 2.82. The molecule has 7 heteroatoms. The Morgan fingerprint density at radius 3 is 2.23 bits per heavy atom. The fourth-order valence-corrected chi connectivity index (χ4v) is 2.82. The van der Waals surface area contributed by atoms with Crippen molar-refractivity contribution in [3.05, 3.63) is 28.8 Å². The number of rotatable bonds is 3. The van der Waals surface area contributed by atoms with E-state index in [1.165, 1.54) is 7.11 Å². The Balaban J connectivity index is 2.15. The number of benzene rings is 1. The number of esters is 1. The molecule has 2 rings (SSSR count). The van der Waals surface area contributed by atoms with Crippen molar-refractivity contribution in [2.24, 2.45) is 0 Å². The Hall–Kier alpha value is -2.57. The maximum absolute atomic E-state index is 12.2.